The van der Waals surface area contributed by atoms with Gasteiger partial charge in [-0.2, -0.15) is 0 Å². The molecule has 1 aromatic rings. The molecule has 0 radical (unpaired) electrons. The van der Waals surface area contributed by atoms with Gasteiger partial charge in [0.1, 0.15) is 12.4 Å². The molecular formula is C12H15ClO2. The summed E-state index contributed by atoms with van der Waals surface area (Å²) in [4.78, 5) is 11.5. The molecule has 0 saturated carbocycles. The van der Waals surface area contributed by atoms with E-state index in [1.807, 2.05) is 13.8 Å². The molecule has 1 aromatic carbocycles. The number of ketones is 1. The monoisotopic (exact) mass is 226 g/mol. The minimum absolute atomic E-state index is 0.0669. The molecule has 82 valence electrons. The van der Waals surface area contributed by atoms with E-state index in [-0.39, 0.29) is 18.3 Å². The summed E-state index contributed by atoms with van der Waals surface area (Å²) in [6.45, 7) is 4.04. The van der Waals surface area contributed by atoms with E-state index in [0.717, 1.165) is 6.42 Å². The van der Waals surface area contributed by atoms with Crippen molar-refractivity contribution < 1.29 is 9.53 Å². The molecule has 0 aliphatic carbocycles. The van der Waals surface area contributed by atoms with Crippen LogP contribution in [0.1, 0.15) is 20.3 Å². The lowest BCUT2D eigenvalue weighted by molar-refractivity contribution is -0.124. The molecule has 0 saturated heterocycles. The van der Waals surface area contributed by atoms with Gasteiger partial charge in [0.05, 0.1) is 0 Å². The predicted octanol–water partition coefficient (Wildman–Crippen LogP) is 3.33. The molecule has 1 atom stereocenters. The standard InChI is InChI=1S/C12H15ClO2/c1-3-9(2)12(14)8-15-11-6-4-10(13)5-7-11/h4-7,9H,3,8H2,1-2H3. The van der Waals surface area contributed by atoms with Gasteiger partial charge < -0.3 is 4.74 Å². The zero-order chi connectivity index (χ0) is 11.3. The number of halogens is 1. The molecular weight excluding hydrogens is 212 g/mol. The van der Waals surface area contributed by atoms with Crippen LogP contribution in [-0.4, -0.2) is 12.4 Å². The number of rotatable bonds is 5. The third kappa shape index (κ3) is 3.92. The molecule has 0 aliphatic heterocycles. The van der Waals surface area contributed by atoms with Gasteiger partial charge in [-0.05, 0) is 30.7 Å². The zero-order valence-electron chi connectivity index (χ0n) is 9.00. The maximum absolute atomic E-state index is 11.5. The summed E-state index contributed by atoms with van der Waals surface area (Å²) < 4.78 is 5.34. The topological polar surface area (TPSA) is 26.3 Å². The summed E-state index contributed by atoms with van der Waals surface area (Å²) in [6.07, 6.45) is 0.850. The molecule has 0 amide bonds. The molecule has 0 aliphatic rings. The van der Waals surface area contributed by atoms with Gasteiger partial charge in [-0.1, -0.05) is 25.4 Å². The largest absolute Gasteiger partial charge is 0.486 e. The molecule has 15 heavy (non-hydrogen) atoms. The fourth-order valence-corrected chi connectivity index (χ4v) is 1.18. The molecule has 0 aromatic heterocycles. The Bertz CT molecular complexity index is 319. The summed E-state index contributed by atoms with van der Waals surface area (Å²) in [6, 6.07) is 6.99. The van der Waals surface area contributed by atoms with E-state index in [9.17, 15) is 4.79 Å². The van der Waals surface area contributed by atoms with E-state index in [1.54, 1.807) is 24.3 Å². The van der Waals surface area contributed by atoms with E-state index in [4.69, 9.17) is 16.3 Å². The van der Waals surface area contributed by atoms with Crippen molar-refractivity contribution in [2.45, 2.75) is 20.3 Å². The Balaban J connectivity index is 2.43. The number of carbonyl (C=O) groups is 1. The molecule has 0 N–H and O–H groups in total. The lowest BCUT2D eigenvalue weighted by Crippen LogP contribution is -2.18. The summed E-state index contributed by atoms with van der Waals surface area (Å²) >= 11 is 5.72. The van der Waals surface area contributed by atoms with Crippen LogP contribution >= 0.6 is 11.6 Å². The third-order valence-corrected chi connectivity index (χ3v) is 2.61. The van der Waals surface area contributed by atoms with E-state index < -0.39 is 0 Å². The van der Waals surface area contributed by atoms with Crippen molar-refractivity contribution in [3.05, 3.63) is 29.3 Å². The minimum atomic E-state index is 0.0669. The van der Waals surface area contributed by atoms with Crippen molar-refractivity contribution in [3.63, 3.8) is 0 Å². The lowest BCUT2D eigenvalue weighted by Gasteiger charge is -2.09. The van der Waals surface area contributed by atoms with Crippen molar-refractivity contribution in [2.24, 2.45) is 5.92 Å². The van der Waals surface area contributed by atoms with E-state index >= 15 is 0 Å². The Labute approximate surface area is 95.2 Å². The highest BCUT2D eigenvalue weighted by Crippen LogP contribution is 2.15. The summed E-state index contributed by atoms with van der Waals surface area (Å²) in [5.41, 5.74) is 0. The van der Waals surface area contributed by atoms with Gasteiger partial charge in [0.15, 0.2) is 5.78 Å². The zero-order valence-corrected chi connectivity index (χ0v) is 9.75. The van der Waals surface area contributed by atoms with Gasteiger partial charge >= 0.3 is 0 Å². The maximum atomic E-state index is 11.5. The normalized spacial score (nSPS) is 12.2. The van der Waals surface area contributed by atoms with E-state index in [1.165, 1.54) is 0 Å². The highest BCUT2D eigenvalue weighted by atomic mass is 35.5. The molecule has 0 fully saturated rings. The van der Waals surface area contributed by atoms with Crippen molar-refractivity contribution in [1.82, 2.24) is 0 Å². The van der Waals surface area contributed by atoms with Gasteiger partial charge in [-0.3, -0.25) is 4.79 Å². The molecule has 0 heterocycles. The Morgan fingerprint density at radius 3 is 2.53 bits per heavy atom. The van der Waals surface area contributed by atoms with Crippen LogP contribution in [0.2, 0.25) is 5.02 Å². The third-order valence-electron chi connectivity index (χ3n) is 2.36. The van der Waals surface area contributed by atoms with E-state index in [0.29, 0.717) is 10.8 Å². The minimum Gasteiger partial charge on any atom is -0.486 e. The highest BCUT2D eigenvalue weighted by molar-refractivity contribution is 6.30. The average molecular weight is 227 g/mol. The first-order chi connectivity index (χ1) is 7.13. The van der Waals surface area contributed by atoms with Crippen LogP contribution < -0.4 is 4.74 Å². The number of carbonyl (C=O) groups excluding carboxylic acids is 1. The number of hydrogen-bond donors (Lipinski definition) is 0. The Morgan fingerprint density at radius 1 is 1.40 bits per heavy atom. The molecule has 2 nitrogen and oxygen atoms in total. The first-order valence-electron chi connectivity index (χ1n) is 5.04. The summed E-state index contributed by atoms with van der Waals surface area (Å²) in [5.74, 6) is 0.876. The second-order valence-corrected chi connectivity index (χ2v) is 3.95. The second-order valence-electron chi connectivity index (χ2n) is 3.52. The fraction of sp³-hybridized carbons (Fsp3) is 0.417. The van der Waals surface area contributed by atoms with Crippen molar-refractivity contribution >= 4 is 17.4 Å². The average Bonchev–Trinajstić information content (AvgIpc) is 2.26. The predicted molar refractivity (Wildman–Crippen MR) is 61.4 cm³/mol. The van der Waals surface area contributed by atoms with Crippen LogP contribution in [-0.2, 0) is 4.79 Å². The van der Waals surface area contributed by atoms with Crippen LogP contribution in [0.5, 0.6) is 5.75 Å². The van der Waals surface area contributed by atoms with Gasteiger partial charge in [-0.25, -0.2) is 0 Å². The summed E-state index contributed by atoms with van der Waals surface area (Å²) in [7, 11) is 0. The molecule has 1 rings (SSSR count). The Kier molecular flexibility index (Phi) is 4.63. The molecule has 1 unspecified atom stereocenters. The highest BCUT2D eigenvalue weighted by Gasteiger charge is 2.10. The number of hydrogen-bond acceptors (Lipinski definition) is 2. The van der Waals surface area contributed by atoms with Crippen molar-refractivity contribution in [3.8, 4) is 5.75 Å². The quantitative estimate of drug-likeness (QED) is 0.770. The van der Waals surface area contributed by atoms with Crippen LogP contribution in [0.25, 0.3) is 0 Å². The van der Waals surface area contributed by atoms with Crippen LogP contribution in [0.3, 0.4) is 0 Å². The van der Waals surface area contributed by atoms with Crippen molar-refractivity contribution in [1.29, 1.82) is 0 Å². The Morgan fingerprint density at radius 2 is 2.00 bits per heavy atom. The lowest BCUT2D eigenvalue weighted by atomic mass is 10.1. The van der Waals surface area contributed by atoms with Gasteiger partial charge in [0, 0.05) is 10.9 Å². The maximum Gasteiger partial charge on any atom is 0.172 e. The van der Waals surface area contributed by atoms with Crippen LogP contribution in [0, 0.1) is 5.92 Å². The smallest absolute Gasteiger partial charge is 0.172 e. The SMILES string of the molecule is CCC(C)C(=O)COc1ccc(Cl)cc1. The van der Waals surface area contributed by atoms with Gasteiger partial charge in [-0.15, -0.1) is 0 Å². The fourth-order valence-electron chi connectivity index (χ4n) is 1.06. The number of benzene rings is 1. The summed E-state index contributed by atoms with van der Waals surface area (Å²) in [5, 5.41) is 0.663. The van der Waals surface area contributed by atoms with Crippen LogP contribution in [0.4, 0.5) is 0 Å². The first kappa shape index (κ1) is 12.1. The first-order valence-corrected chi connectivity index (χ1v) is 5.42. The number of Topliss-reactive ketones (excluding diaryl/α,β-unsaturated/α-hetero) is 1. The molecule has 0 bridgehead atoms. The van der Waals surface area contributed by atoms with E-state index in [2.05, 4.69) is 0 Å². The molecule has 0 spiro atoms. The number of ether oxygens (including phenoxy) is 1. The van der Waals surface area contributed by atoms with Crippen molar-refractivity contribution in [2.75, 3.05) is 6.61 Å². The second kappa shape index (κ2) is 5.76. The Hall–Kier alpha value is -1.02. The van der Waals surface area contributed by atoms with Gasteiger partial charge in [0.2, 0.25) is 0 Å². The molecule has 3 heteroatoms. The van der Waals surface area contributed by atoms with Crippen LogP contribution in [0.15, 0.2) is 24.3 Å². The van der Waals surface area contributed by atoms with Gasteiger partial charge in [0.25, 0.3) is 0 Å².